The summed E-state index contributed by atoms with van der Waals surface area (Å²) in [6, 6.07) is 8.48. The van der Waals surface area contributed by atoms with Crippen LogP contribution in [0.5, 0.6) is 5.88 Å². The number of carbonyl (C=O) groups is 1. The molecule has 1 aromatic carbocycles. The van der Waals surface area contributed by atoms with E-state index >= 15 is 0 Å². The number of fused-ring (bicyclic) bond motifs is 2. The maximum Gasteiger partial charge on any atom is 0.256 e. The molecule has 3 aromatic rings. The van der Waals surface area contributed by atoms with Crippen LogP contribution in [-0.2, 0) is 13.6 Å². The Morgan fingerprint density at radius 3 is 2.82 bits per heavy atom. The zero-order chi connectivity index (χ0) is 23.5. The van der Waals surface area contributed by atoms with Gasteiger partial charge in [-0.05, 0) is 30.7 Å². The van der Waals surface area contributed by atoms with Crippen LogP contribution < -0.4 is 21.1 Å². The van der Waals surface area contributed by atoms with Crippen molar-refractivity contribution in [3.05, 3.63) is 71.8 Å². The molecule has 0 bridgehead atoms. The Hall–Kier alpha value is -4.21. The van der Waals surface area contributed by atoms with Crippen molar-refractivity contribution in [1.29, 1.82) is 0 Å². The van der Waals surface area contributed by atoms with Crippen LogP contribution >= 0.6 is 0 Å². The molecule has 2 aromatic heterocycles. The molecule has 0 unspecified atom stereocenters. The lowest BCUT2D eigenvalue weighted by molar-refractivity contribution is 0.0931. The van der Waals surface area contributed by atoms with Gasteiger partial charge in [-0.25, -0.2) is 9.37 Å². The third-order valence-corrected chi connectivity index (χ3v) is 5.13. The summed E-state index contributed by atoms with van der Waals surface area (Å²) >= 11 is 0. The molecule has 3 heterocycles. The van der Waals surface area contributed by atoms with Crippen molar-refractivity contribution in [2.75, 3.05) is 17.6 Å². The van der Waals surface area contributed by atoms with Gasteiger partial charge in [-0.1, -0.05) is 18.7 Å². The Bertz CT molecular complexity index is 1230. The average molecular weight is 449 g/mol. The molecule has 1 aliphatic rings. The zero-order valence-electron chi connectivity index (χ0n) is 18.3. The number of nitrogen functional groups attached to an aromatic ring is 1. The molecule has 0 radical (unpaired) electrons. The van der Waals surface area contributed by atoms with E-state index in [0.29, 0.717) is 34.0 Å². The van der Waals surface area contributed by atoms with Crippen molar-refractivity contribution in [3.63, 3.8) is 0 Å². The maximum atomic E-state index is 14.0. The van der Waals surface area contributed by atoms with E-state index in [2.05, 4.69) is 32.3 Å². The lowest BCUT2D eigenvalue weighted by Gasteiger charge is -2.16. The standard InChI is InChI=1S/C23H24FN7O2/c1-13-9-27-22(32)19-12-29-31(3)21(19)30-20(14(2)15-4-6-18(25)7-5-15)26-10-16-8-17(24)11-28-23(16)33-13/h4-8,11-13H,2,9-10,25H2,1,3H3,(H,26,30)(H,27,32)/t13-/m0/s1. The number of ether oxygens (including phenoxy) is 1. The molecule has 1 aliphatic heterocycles. The number of aliphatic imine (C=N–C) groups is 1. The van der Waals surface area contributed by atoms with Gasteiger partial charge in [-0.3, -0.25) is 14.5 Å². The second kappa shape index (κ2) is 9.11. The predicted octanol–water partition coefficient (Wildman–Crippen LogP) is 2.77. The fourth-order valence-electron chi connectivity index (χ4n) is 3.31. The minimum atomic E-state index is -0.501. The van der Waals surface area contributed by atoms with Crippen molar-refractivity contribution < 1.29 is 13.9 Å². The highest BCUT2D eigenvalue weighted by Gasteiger charge is 2.21. The van der Waals surface area contributed by atoms with Crippen molar-refractivity contribution in [1.82, 2.24) is 20.1 Å². The molecule has 4 N–H and O–H groups in total. The minimum Gasteiger partial charge on any atom is -0.473 e. The second-order valence-corrected chi connectivity index (χ2v) is 7.68. The molecule has 0 aliphatic carbocycles. The van der Waals surface area contributed by atoms with Crippen LogP contribution in [0.15, 0.2) is 54.3 Å². The largest absolute Gasteiger partial charge is 0.473 e. The summed E-state index contributed by atoms with van der Waals surface area (Å²) in [7, 11) is 1.71. The molecule has 0 fully saturated rings. The number of halogens is 1. The second-order valence-electron chi connectivity index (χ2n) is 7.68. The third-order valence-electron chi connectivity index (χ3n) is 5.13. The molecular formula is C23H24FN7O2. The van der Waals surface area contributed by atoms with Gasteiger partial charge in [0.05, 0.1) is 25.5 Å². The van der Waals surface area contributed by atoms with E-state index < -0.39 is 11.9 Å². The average Bonchev–Trinajstić information content (AvgIpc) is 3.16. The van der Waals surface area contributed by atoms with E-state index in [0.717, 1.165) is 11.8 Å². The quantitative estimate of drug-likeness (QED) is 0.518. The normalized spacial score (nSPS) is 16.4. The summed E-state index contributed by atoms with van der Waals surface area (Å²) in [6.45, 7) is 6.24. The van der Waals surface area contributed by atoms with Crippen LogP contribution in [0.25, 0.3) is 5.57 Å². The molecule has 33 heavy (non-hydrogen) atoms. The molecule has 170 valence electrons. The number of nitrogens with zero attached hydrogens (tertiary/aromatic N) is 4. The van der Waals surface area contributed by atoms with Gasteiger partial charge in [-0.15, -0.1) is 0 Å². The number of benzene rings is 1. The molecular weight excluding hydrogens is 425 g/mol. The number of nitrogens with one attached hydrogen (secondary N) is 2. The number of hydrogen-bond donors (Lipinski definition) is 3. The van der Waals surface area contributed by atoms with Crippen molar-refractivity contribution in [3.8, 4) is 5.88 Å². The zero-order valence-corrected chi connectivity index (χ0v) is 18.3. The van der Waals surface area contributed by atoms with Gasteiger partial charge < -0.3 is 21.1 Å². The number of anilines is 2. The predicted molar refractivity (Wildman–Crippen MR) is 124 cm³/mol. The first kappa shape index (κ1) is 22.0. The Labute approximate surface area is 190 Å². The van der Waals surface area contributed by atoms with Gasteiger partial charge in [-0.2, -0.15) is 5.10 Å². The van der Waals surface area contributed by atoms with Crippen LogP contribution in [0.2, 0.25) is 0 Å². The fourth-order valence-corrected chi connectivity index (χ4v) is 3.31. The van der Waals surface area contributed by atoms with Crippen LogP contribution in [0.1, 0.15) is 28.4 Å². The fraction of sp³-hybridized carbons (Fsp3) is 0.217. The molecule has 9 nitrogen and oxygen atoms in total. The Morgan fingerprint density at radius 2 is 2.06 bits per heavy atom. The number of nitrogens with two attached hydrogens (primary N) is 1. The summed E-state index contributed by atoms with van der Waals surface area (Å²) in [6.07, 6.45) is 2.14. The topological polar surface area (TPSA) is 119 Å². The van der Waals surface area contributed by atoms with Gasteiger partial charge in [0.25, 0.3) is 5.91 Å². The monoisotopic (exact) mass is 449 g/mol. The first-order valence-electron chi connectivity index (χ1n) is 10.3. The number of hydrogen-bond acceptors (Lipinski definition) is 7. The first-order valence-corrected chi connectivity index (χ1v) is 10.3. The maximum absolute atomic E-state index is 14.0. The molecule has 1 amide bonds. The summed E-state index contributed by atoms with van der Waals surface area (Å²) in [5, 5.41) is 10.2. The Kier molecular flexibility index (Phi) is 6.07. The van der Waals surface area contributed by atoms with Crippen molar-refractivity contribution >= 4 is 28.8 Å². The van der Waals surface area contributed by atoms with Crippen LogP contribution in [0, 0.1) is 5.82 Å². The van der Waals surface area contributed by atoms with E-state index in [4.69, 9.17) is 10.5 Å². The first-order chi connectivity index (χ1) is 15.8. The summed E-state index contributed by atoms with van der Waals surface area (Å²) in [5.41, 5.74) is 8.55. The van der Waals surface area contributed by atoms with E-state index in [1.807, 2.05) is 12.1 Å². The molecule has 0 saturated heterocycles. The van der Waals surface area contributed by atoms with E-state index in [9.17, 15) is 9.18 Å². The molecule has 0 spiro atoms. The number of aromatic nitrogens is 3. The van der Waals surface area contributed by atoms with E-state index in [1.165, 1.54) is 16.9 Å². The summed E-state index contributed by atoms with van der Waals surface area (Å²) in [4.78, 5) is 21.6. The van der Waals surface area contributed by atoms with Crippen LogP contribution in [0.3, 0.4) is 0 Å². The number of aryl methyl sites for hydroxylation is 1. The highest BCUT2D eigenvalue weighted by molar-refractivity contribution is 6.28. The number of pyridine rings is 1. The molecule has 1 atom stereocenters. The van der Waals surface area contributed by atoms with Gasteiger partial charge >= 0.3 is 0 Å². The smallest absolute Gasteiger partial charge is 0.256 e. The van der Waals surface area contributed by atoms with E-state index in [1.54, 1.807) is 26.1 Å². The molecule has 10 heteroatoms. The lowest BCUT2D eigenvalue weighted by atomic mass is 10.1. The van der Waals surface area contributed by atoms with Gasteiger partial charge in [0.15, 0.2) is 0 Å². The summed E-state index contributed by atoms with van der Waals surface area (Å²) in [5.74, 6) is 0.231. The Balaban J connectivity index is 1.81. The van der Waals surface area contributed by atoms with Crippen LogP contribution in [-0.4, -0.2) is 39.2 Å². The highest BCUT2D eigenvalue weighted by atomic mass is 19.1. The Morgan fingerprint density at radius 1 is 1.30 bits per heavy atom. The number of carbonyl (C=O) groups excluding carboxylic acids is 1. The number of amidine groups is 1. The summed E-state index contributed by atoms with van der Waals surface area (Å²) < 4.78 is 21.4. The van der Waals surface area contributed by atoms with Gasteiger partial charge in [0.2, 0.25) is 5.88 Å². The van der Waals surface area contributed by atoms with Crippen molar-refractivity contribution in [2.45, 2.75) is 19.6 Å². The molecule has 4 rings (SSSR count). The number of rotatable bonds is 2. The number of amides is 1. The van der Waals surface area contributed by atoms with Crippen molar-refractivity contribution in [2.24, 2.45) is 12.0 Å². The molecule has 0 saturated carbocycles. The highest BCUT2D eigenvalue weighted by Crippen LogP contribution is 2.24. The van der Waals surface area contributed by atoms with Gasteiger partial charge in [0.1, 0.15) is 29.1 Å². The SMILES string of the molecule is C=C(C1=NCc2cc(F)cnc2O[C@@H](C)CNC(=O)c2cnn(C)c2N1)c1ccc(N)cc1. The van der Waals surface area contributed by atoms with Gasteiger partial charge in [0, 0.05) is 23.9 Å². The van der Waals surface area contributed by atoms with Crippen LogP contribution in [0.4, 0.5) is 15.9 Å². The lowest BCUT2D eigenvalue weighted by Crippen LogP contribution is -2.34. The third kappa shape index (κ3) is 4.84. The minimum absolute atomic E-state index is 0.0672. The van der Waals surface area contributed by atoms with E-state index in [-0.39, 0.29) is 24.9 Å².